The minimum atomic E-state index is 0.764. The Morgan fingerprint density at radius 3 is 2.92 bits per heavy atom. The third-order valence-corrected chi connectivity index (χ3v) is 1.69. The molecule has 0 spiro atoms. The van der Waals surface area contributed by atoms with Crippen LogP contribution < -0.4 is 5.32 Å². The van der Waals surface area contributed by atoms with Crippen molar-refractivity contribution in [3.05, 3.63) is 23.5 Å². The average molecular weight is 168 g/mol. The molecular weight excluding hydrogens is 152 g/mol. The van der Waals surface area contributed by atoms with Crippen LogP contribution in [0.5, 0.6) is 0 Å². The summed E-state index contributed by atoms with van der Waals surface area (Å²) in [6.45, 7) is 4.60. The normalized spacial score (nSPS) is 10.5. The number of hydrogen-bond acceptors (Lipinski definition) is 2. The molecule has 0 aliphatic rings. The number of ether oxygens (including phenoxy) is 1. The maximum atomic E-state index is 4.91. The molecule has 1 rings (SSSR count). The van der Waals surface area contributed by atoms with Crippen LogP contribution in [0.2, 0.25) is 0 Å². The molecule has 1 aromatic heterocycles. The van der Waals surface area contributed by atoms with Gasteiger partial charge in [-0.1, -0.05) is 0 Å². The van der Waals surface area contributed by atoms with Crippen LogP contribution in [0.15, 0.2) is 12.1 Å². The number of rotatable bonds is 5. The summed E-state index contributed by atoms with van der Waals surface area (Å²) in [5, 5.41) is 3.26. The molecule has 0 aliphatic carbocycles. The summed E-state index contributed by atoms with van der Waals surface area (Å²) in [7, 11) is 1.71. The molecule has 0 radical (unpaired) electrons. The largest absolute Gasteiger partial charge is 0.383 e. The van der Waals surface area contributed by atoms with Gasteiger partial charge in [0.25, 0.3) is 0 Å². The first-order valence-electron chi connectivity index (χ1n) is 4.17. The Hall–Kier alpha value is -0.800. The van der Waals surface area contributed by atoms with Gasteiger partial charge in [-0.3, -0.25) is 0 Å². The van der Waals surface area contributed by atoms with Crippen LogP contribution in [0, 0.1) is 6.92 Å². The third kappa shape index (κ3) is 3.07. The van der Waals surface area contributed by atoms with E-state index >= 15 is 0 Å². The van der Waals surface area contributed by atoms with Gasteiger partial charge >= 0.3 is 0 Å². The van der Waals surface area contributed by atoms with E-state index in [0.717, 1.165) is 19.7 Å². The zero-order chi connectivity index (χ0) is 8.81. The Bertz CT molecular complexity index is 220. The Morgan fingerprint density at radius 2 is 2.33 bits per heavy atom. The predicted octanol–water partition coefficient (Wildman–Crippen LogP) is 1.06. The summed E-state index contributed by atoms with van der Waals surface area (Å²) >= 11 is 0. The molecule has 0 unspecified atom stereocenters. The molecule has 68 valence electrons. The summed E-state index contributed by atoms with van der Waals surface area (Å²) in [5.41, 5.74) is 2.43. The number of H-pyrrole nitrogens is 1. The van der Waals surface area contributed by atoms with Gasteiger partial charge in [-0.2, -0.15) is 0 Å². The Morgan fingerprint density at radius 1 is 1.50 bits per heavy atom. The molecule has 0 bridgehead atoms. The van der Waals surface area contributed by atoms with Crippen LogP contribution in [-0.2, 0) is 11.3 Å². The molecule has 0 aliphatic heterocycles. The van der Waals surface area contributed by atoms with Crippen LogP contribution in [0.1, 0.15) is 11.4 Å². The first kappa shape index (κ1) is 9.29. The highest BCUT2D eigenvalue weighted by Gasteiger charge is 1.93. The van der Waals surface area contributed by atoms with Gasteiger partial charge < -0.3 is 15.0 Å². The molecule has 3 heteroatoms. The standard InChI is InChI=1S/C9H16N2O/c1-8-3-4-9(11-8)7-10-5-6-12-2/h3-4,10-11H,5-7H2,1-2H3. The van der Waals surface area contributed by atoms with Crippen molar-refractivity contribution in [2.24, 2.45) is 0 Å². The number of aromatic amines is 1. The predicted molar refractivity (Wildman–Crippen MR) is 49.1 cm³/mol. The van der Waals surface area contributed by atoms with Crippen molar-refractivity contribution in [3.8, 4) is 0 Å². The van der Waals surface area contributed by atoms with Gasteiger partial charge in [-0.25, -0.2) is 0 Å². The van der Waals surface area contributed by atoms with Gasteiger partial charge in [-0.05, 0) is 19.1 Å². The monoisotopic (exact) mass is 168 g/mol. The number of aryl methyl sites for hydroxylation is 1. The van der Waals surface area contributed by atoms with Crippen LogP contribution in [0.25, 0.3) is 0 Å². The highest BCUT2D eigenvalue weighted by Crippen LogP contribution is 1.98. The number of hydrogen-bond donors (Lipinski definition) is 2. The van der Waals surface area contributed by atoms with Gasteiger partial charge in [0.2, 0.25) is 0 Å². The quantitative estimate of drug-likeness (QED) is 0.645. The minimum absolute atomic E-state index is 0.764. The second-order valence-electron chi connectivity index (χ2n) is 2.84. The summed E-state index contributed by atoms with van der Waals surface area (Å²) in [4.78, 5) is 3.25. The Balaban J connectivity index is 2.15. The fourth-order valence-electron chi connectivity index (χ4n) is 1.06. The first-order valence-corrected chi connectivity index (χ1v) is 4.17. The van der Waals surface area contributed by atoms with Crippen molar-refractivity contribution in [2.75, 3.05) is 20.3 Å². The molecule has 0 saturated carbocycles. The van der Waals surface area contributed by atoms with Gasteiger partial charge in [0.05, 0.1) is 6.61 Å². The molecule has 0 atom stereocenters. The van der Waals surface area contributed by atoms with E-state index in [9.17, 15) is 0 Å². The second-order valence-corrected chi connectivity index (χ2v) is 2.84. The van der Waals surface area contributed by atoms with E-state index in [1.165, 1.54) is 11.4 Å². The Labute approximate surface area is 73.1 Å². The van der Waals surface area contributed by atoms with Crippen molar-refractivity contribution in [1.82, 2.24) is 10.3 Å². The molecule has 1 heterocycles. The average Bonchev–Trinajstić information content (AvgIpc) is 2.45. The van der Waals surface area contributed by atoms with Crippen LogP contribution in [0.4, 0.5) is 0 Å². The summed E-state index contributed by atoms with van der Waals surface area (Å²) in [6.07, 6.45) is 0. The molecular formula is C9H16N2O. The van der Waals surface area contributed by atoms with Crippen molar-refractivity contribution < 1.29 is 4.74 Å². The van der Waals surface area contributed by atoms with Crippen molar-refractivity contribution in [1.29, 1.82) is 0 Å². The van der Waals surface area contributed by atoms with Gasteiger partial charge in [0, 0.05) is 31.6 Å². The highest BCUT2D eigenvalue weighted by molar-refractivity contribution is 5.11. The topological polar surface area (TPSA) is 37.0 Å². The molecule has 0 saturated heterocycles. The summed E-state index contributed by atoms with van der Waals surface area (Å²) in [5.74, 6) is 0. The lowest BCUT2D eigenvalue weighted by Crippen LogP contribution is -2.18. The lowest BCUT2D eigenvalue weighted by Gasteiger charge is -2.01. The molecule has 12 heavy (non-hydrogen) atoms. The summed E-state index contributed by atoms with van der Waals surface area (Å²) < 4.78 is 4.91. The lowest BCUT2D eigenvalue weighted by atomic mass is 10.4. The fourth-order valence-corrected chi connectivity index (χ4v) is 1.06. The van der Waals surface area contributed by atoms with E-state index in [2.05, 4.69) is 29.4 Å². The smallest absolute Gasteiger partial charge is 0.0587 e. The number of aromatic nitrogens is 1. The zero-order valence-electron chi connectivity index (χ0n) is 7.68. The molecule has 0 aromatic carbocycles. The van der Waals surface area contributed by atoms with E-state index in [1.54, 1.807) is 7.11 Å². The molecule has 0 amide bonds. The van der Waals surface area contributed by atoms with E-state index in [1.807, 2.05) is 0 Å². The number of methoxy groups -OCH3 is 1. The van der Waals surface area contributed by atoms with Crippen LogP contribution >= 0.6 is 0 Å². The van der Waals surface area contributed by atoms with Crippen molar-refractivity contribution in [3.63, 3.8) is 0 Å². The highest BCUT2D eigenvalue weighted by atomic mass is 16.5. The van der Waals surface area contributed by atoms with E-state index in [-0.39, 0.29) is 0 Å². The minimum Gasteiger partial charge on any atom is -0.383 e. The maximum Gasteiger partial charge on any atom is 0.0587 e. The second kappa shape index (κ2) is 4.95. The van der Waals surface area contributed by atoms with E-state index in [4.69, 9.17) is 4.74 Å². The van der Waals surface area contributed by atoms with Crippen LogP contribution in [0.3, 0.4) is 0 Å². The maximum absolute atomic E-state index is 4.91. The van der Waals surface area contributed by atoms with Crippen LogP contribution in [-0.4, -0.2) is 25.2 Å². The van der Waals surface area contributed by atoms with E-state index < -0.39 is 0 Å². The number of nitrogens with one attached hydrogen (secondary N) is 2. The lowest BCUT2D eigenvalue weighted by molar-refractivity contribution is 0.199. The zero-order valence-corrected chi connectivity index (χ0v) is 7.68. The van der Waals surface area contributed by atoms with E-state index in [0.29, 0.717) is 0 Å². The SMILES string of the molecule is COCCNCc1ccc(C)[nH]1. The van der Waals surface area contributed by atoms with Gasteiger partial charge in [0.1, 0.15) is 0 Å². The summed E-state index contributed by atoms with van der Waals surface area (Å²) in [6, 6.07) is 4.17. The van der Waals surface area contributed by atoms with Crippen molar-refractivity contribution in [2.45, 2.75) is 13.5 Å². The molecule has 3 nitrogen and oxygen atoms in total. The molecule has 2 N–H and O–H groups in total. The van der Waals surface area contributed by atoms with Gasteiger partial charge in [-0.15, -0.1) is 0 Å². The fraction of sp³-hybridized carbons (Fsp3) is 0.556. The third-order valence-electron chi connectivity index (χ3n) is 1.69. The molecule has 1 aromatic rings. The molecule has 0 fully saturated rings. The Kier molecular flexibility index (Phi) is 3.84. The van der Waals surface area contributed by atoms with Crippen molar-refractivity contribution >= 4 is 0 Å². The van der Waals surface area contributed by atoms with Gasteiger partial charge in [0.15, 0.2) is 0 Å². The first-order chi connectivity index (χ1) is 5.83.